The smallest absolute Gasteiger partial charge is 0.257 e. The molecule has 2 heterocycles. The Kier molecular flexibility index (Phi) is 5.39. The normalized spacial score (nSPS) is 20.6. The number of hydrogen-bond donors (Lipinski definition) is 1. The number of sulfonamides is 1. The molecular formula is C24H25N3O3S2. The molecule has 5 rings (SSSR count). The molecule has 0 unspecified atom stereocenters. The third-order valence-corrected chi connectivity index (χ3v) is 8.95. The Morgan fingerprint density at radius 1 is 1.06 bits per heavy atom. The summed E-state index contributed by atoms with van der Waals surface area (Å²) in [5, 5.41) is 3.42. The molecule has 1 N–H and O–H groups in total. The summed E-state index contributed by atoms with van der Waals surface area (Å²) in [6.45, 7) is 5.23. The number of thiazole rings is 1. The monoisotopic (exact) mass is 467 g/mol. The Morgan fingerprint density at radius 2 is 1.75 bits per heavy atom. The van der Waals surface area contributed by atoms with Gasteiger partial charge in [-0.1, -0.05) is 38.1 Å². The standard InChI is InChI=1S/C24H25N3O3S2/c1-15-11-16(2)14-27(13-15)32(29,30)19-9-7-17(8-10-19)23(28)26-24-25-22-20-6-4-3-5-18(20)12-21(22)31-24/h3-10,15-16H,11-14H2,1-2H3,(H,25,26,28)/t15-,16+. The quantitative estimate of drug-likeness (QED) is 0.474. The molecule has 1 aromatic heterocycles. The van der Waals surface area contributed by atoms with Gasteiger partial charge >= 0.3 is 0 Å². The van der Waals surface area contributed by atoms with Crippen LogP contribution in [-0.4, -0.2) is 36.7 Å². The van der Waals surface area contributed by atoms with Gasteiger partial charge in [-0.25, -0.2) is 13.4 Å². The van der Waals surface area contributed by atoms with Crippen molar-refractivity contribution in [3.05, 3.63) is 64.5 Å². The van der Waals surface area contributed by atoms with Crippen LogP contribution in [0.15, 0.2) is 53.4 Å². The SMILES string of the molecule is C[C@@H]1C[C@H](C)CN(S(=O)(=O)c2ccc(C(=O)Nc3nc4c(s3)Cc3ccccc3-4)cc2)C1. The van der Waals surface area contributed by atoms with Gasteiger partial charge in [0.05, 0.1) is 10.6 Å². The molecule has 32 heavy (non-hydrogen) atoms. The molecule has 166 valence electrons. The maximum absolute atomic E-state index is 13.0. The fourth-order valence-corrected chi connectivity index (χ4v) is 7.39. The molecule has 6 nitrogen and oxygen atoms in total. The third-order valence-electron chi connectivity index (χ3n) is 6.13. The highest BCUT2D eigenvalue weighted by molar-refractivity contribution is 7.89. The van der Waals surface area contributed by atoms with Crippen molar-refractivity contribution in [1.29, 1.82) is 0 Å². The second kappa shape index (κ2) is 8.10. The van der Waals surface area contributed by atoms with Crippen LogP contribution in [0.1, 0.15) is 41.1 Å². The number of aromatic nitrogens is 1. The van der Waals surface area contributed by atoms with Crippen LogP contribution in [0.3, 0.4) is 0 Å². The number of hydrogen-bond acceptors (Lipinski definition) is 5. The Bertz CT molecular complexity index is 1270. The topological polar surface area (TPSA) is 79.4 Å². The highest BCUT2D eigenvalue weighted by Gasteiger charge is 2.31. The van der Waals surface area contributed by atoms with Gasteiger partial charge in [0.2, 0.25) is 10.0 Å². The number of nitrogens with zero attached hydrogens (tertiary/aromatic N) is 2. The maximum Gasteiger partial charge on any atom is 0.257 e. The summed E-state index contributed by atoms with van der Waals surface area (Å²) in [6, 6.07) is 14.3. The van der Waals surface area contributed by atoms with Crippen LogP contribution >= 0.6 is 11.3 Å². The summed E-state index contributed by atoms with van der Waals surface area (Å²) >= 11 is 1.48. The molecule has 1 aliphatic carbocycles. The predicted octanol–water partition coefficient (Wildman–Crippen LogP) is 4.63. The summed E-state index contributed by atoms with van der Waals surface area (Å²) in [4.78, 5) is 18.7. The van der Waals surface area contributed by atoms with E-state index >= 15 is 0 Å². The molecule has 2 aromatic carbocycles. The van der Waals surface area contributed by atoms with Crippen molar-refractivity contribution in [2.75, 3.05) is 18.4 Å². The second-order valence-electron chi connectivity index (χ2n) is 8.87. The number of rotatable bonds is 4. The number of nitrogens with one attached hydrogen (secondary N) is 1. The first kappa shape index (κ1) is 21.3. The lowest BCUT2D eigenvalue weighted by molar-refractivity contribution is 0.102. The molecule has 0 saturated carbocycles. The lowest BCUT2D eigenvalue weighted by Crippen LogP contribution is -2.42. The number of carbonyl (C=O) groups excluding carboxylic acids is 1. The van der Waals surface area contributed by atoms with Crippen molar-refractivity contribution < 1.29 is 13.2 Å². The van der Waals surface area contributed by atoms with E-state index in [9.17, 15) is 13.2 Å². The van der Waals surface area contributed by atoms with Gasteiger partial charge < -0.3 is 0 Å². The number of amides is 1. The molecule has 2 atom stereocenters. The molecule has 1 saturated heterocycles. The Labute approximate surface area is 192 Å². The summed E-state index contributed by atoms with van der Waals surface area (Å²) in [6.07, 6.45) is 1.87. The number of carbonyl (C=O) groups is 1. The molecule has 2 aliphatic rings. The van der Waals surface area contributed by atoms with Gasteiger partial charge in [-0.2, -0.15) is 4.31 Å². The highest BCUT2D eigenvalue weighted by atomic mass is 32.2. The minimum atomic E-state index is -3.56. The molecule has 1 amide bonds. The van der Waals surface area contributed by atoms with Crippen molar-refractivity contribution in [1.82, 2.24) is 9.29 Å². The van der Waals surface area contributed by atoms with Crippen LogP contribution in [0.25, 0.3) is 11.3 Å². The summed E-state index contributed by atoms with van der Waals surface area (Å²) in [7, 11) is -3.56. The van der Waals surface area contributed by atoms with Crippen LogP contribution in [0.5, 0.6) is 0 Å². The van der Waals surface area contributed by atoms with Crippen LogP contribution < -0.4 is 5.32 Å². The second-order valence-corrected chi connectivity index (χ2v) is 11.9. The minimum Gasteiger partial charge on any atom is -0.298 e. The lowest BCUT2D eigenvalue weighted by atomic mass is 9.94. The number of benzene rings is 2. The van der Waals surface area contributed by atoms with Gasteiger partial charge in [0.15, 0.2) is 5.13 Å². The van der Waals surface area contributed by atoms with Crippen LogP contribution in [0.2, 0.25) is 0 Å². The van der Waals surface area contributed by atoms with Gasteiger partial charge in [-0.05, 0) is 48.1 Å². The van der Waals surface area contributed by atoms with E-state index in [0.717, 1.165) is 29.0 Å². The van der Waals surface area contributed by atoms with E-state index in [1.807, 2.05) is 12.1 Å². The first-order valence-electron chi connectivity index (χ1n) is 10.8. The summed E-state index contributed by atoms with van der Waals surface area (Å²) in [5.74, 6) is 0.380. The molecule has 1 aliphatic heterocycles. The summed E-state index contributed by atoms with van der Waals surface area (Å²) < 4.78 is 27.7. The van der Waals surface area contributed by atoms with Gasteiger partial charge in [0.1, 0.15) is 0 Å². The molecule has 0 spiro atoms. The van der Waals surface area contributed by atoms with Crippen molar-refractivity contribution in [3.63, 3.8) is 0 Å². The van der Waals surface area contributed by atoms with Gasteiger partial charge in [-0.3, -0.25) is 10.1 Å². The van der Waals surface area contributed by atoms with E-state index in [1.54, 1.807) is 16.4 Å². The lowest BCUT2D eigenvalue weighted by Gasteiger charge is -2.34. The number of anilines is 1. The Hall–Kier alpha value is -2.55. The van der Waals surface area contributed by atoms with E-state index in [1.165, 1.54) is 29.0 Å². The minimum absolute atomic E-state index is 0.222. The third kappa shape index (κ3) is 3.87. The Morgan fingerprint density at radius 3 is 2.47 bits per heavy atom. The largest absolute Gasteiger partial charge is 0.298 e. The van der Waals surface area contributed by atoms with E-state index < -0.39 is 10.0 Å². The van der Waals surface area contributed by atoms with Gasteiger partial charge in [-0.15, -0.1) is 11.3 Å². The van der Waals surface area contributed by atoms with Crippen LogP contribution in [-0.2, 0) is 16.4 Å². The predicted molar refractivity (Wildman–Crippen MR) is 126 cm³/mol. The van der Waals surface area contributed by atoms with E-state index in [-0.39, 0.29) is 10.8 Å². The maximum atomic E-state index is 13.0. The zero-order chi connectivity index (χ0) is 22.5. The molecule has 0 bridgehead atoms. The molecule has 0 radical (unpaired) electrons. The van der Waals surface area contributed by atoms with Crippen LogP contribution in [0.4, 0.5) is 5.13 Å². The number of fused-ring (bicyclic) bond motifs is 3. The average Bonchev–Trinajstić information content (AvgIpc) is 3.30. The van der Waals surface area contributed by atoms with E-state index in [4.69, 9.17) is 0 Å². The van der Waals surface area contributed by atoms with Crippen LogP contribution in [0, 0.1) is 11.8 Å². The van der Waals surface area contributed by atoms with E-state index in [0.29, 0.717) is 35.6 Å². The van der Waals surface area contributed by atoms with E-state index in [2.05, 4.69) is 36.3 Å². The zero-order valence-electron chi connectivity index (χ0n) is 18.0. The molecule has 1 fully saturated rings. The summed E-state index contributed by atoms with van der Waals surface area (Å²) in [5.41, 5.74) is 3.72. The Balaban J connectivity index is 1.30. The molecule has 3 aromatic rings. The van der Waals surface area contributed by atoms with Crippen molar-refractivity contribution in [3.8, 4) is 11.3 Å². The fraction of sp³-hybridized carbons (Fsp3) is 0.333. The van der Waals surface area contributed by atoms with Gasteiger partial charge in [0, 0.05) is 35.5 Å². The average molecular weight is 468 g/mol. The molecule has 8 heteroatoms. The van der Waals surface area contributed by atoms with Crippen molar-refractivity contribution in [2.45, 2.75) is 31.6 Å². The number of piperidine rings is 1. The zero-order valence-corrected chi connectivity index (χ0v) is 19.7. The highest BCUT2D eigenvalue weighted by Crippen LogP contribution is 2.40. The van der Waals surface area contributed by atoms with Crippen molar-refractivity contribution in [2.24, 2.45) is 11.8 Å². The van der Waals surface area contributed by atoms with Gasteiger partial charge in [0.25, 0.3) is 5.91 Å². The molecular weight excluding hydrogens is 442 g/mol. The van der Waals surface area contributed by atoms with Crippen molar-refractivity contribution >= 4 is 32.4 Å². The fourth-order valence-electron chi connectivity index (χ4n) is 4.71. The first-order chi connectivity index (χ1) is 15.3. The first-order valence-corrected chi connectivity index (χ1v) is 13.1.